The van der Waals surface area contributed by atoms with Crippen LogP contribution in [0.15, 0.2) is 52.2 Å². The van der Waals surface area contributed by atoms with E-state index in [9.17, 15) is 13.2 Å². The van der Waals surface area contributed by atoms with Gasteiger partial charge in [0, 0.05) is 10.9 Å². The van der Waals surface area contributed by atoms with Crippen molar-refractivity contribution in [3.8, 4) is 0 Å². The second kappa shape index (κ2) is 8.97. The molecule has 3 heterocycles. The molecule has 2 aromatic heterocycles. The summed E-state index contributed by atoms with van der Waals surface area (Å²) >= 11 is 2.57. The number of carbonyl (C=O) groups is 1. The highest BCUT2D eigenvalue weighted by molar-refractivity contribution is 7.92. The summed E-state index contributed by atoms with van der Waals surface area (Å²) in [5.74, 6) is -0.131. The number of nitrogens with one attached hydrogen (secondary N) is 2. The smallest absolute Gasteiger partial charge is 0.204 e. The summed E-state index contributed by atoms with van der Waals surface area (Å²) in [5.41, 5.74) is 1.53. The molecule has 1 unspecified atom stereocenters. The van der Waals surface area contributed by atoms with E-state index < -0.39 is 15.2 Å². The number of aryl methyl sites for hydroxylation is 1. The molecule has 1 saturated heterocycles. The molecule has 0 radical (unpaired) electrons. The fourth-order valence-corrected chi connectivity index (χ4v) is 7.47. The molecule has 0 aliphatic carbocycles. The predicted molar refractivity (Wildman–Crippen MR) is 121 cm³/mol. The molecular formula is C21H23N3O3S3. The number of aromatic nitrogens is 1. The van der Waals surface area contributed by atoms with Gasteiger partial charge in [0.15, 0.2) is 15.0 Å². The molecule has 0 bridgehead atoms. The minimum absolute atomic E-state index is 0.0319. The van der Waals surface area contributed by atoms with E-state index in [1.165, 1.54) is 28.9 Å². The fraction of sp³-hybridized carbons (Fsp3) is 0.333. The van der Waals surface area contributed by atoms with Gasteiger partial charge in [0.2, 0.25) is 5.78 Å². The SMILES string of the molecule is Cc1ccccc1C(=O)c1cnc(NC(C2CCNCC2)S(=O)(=O)c2ccsc2)s1. The van der Waals surface area contributed by atoms with Crippen LogP contribution in [0.5, 0.6) is 0 Å². The molecule has 1 aliphatic rings. The first-order valence-corrected chi connectivity index (χ1v) is 13.1. The van der Waals surface area contributed by atoms with Crippen LogP contribution in [0.25, 0.3) is 0 Å². The van der Waals surface area contributed by atoms with Crippen molar-refractivity contribution >= 4 is 43.4 Å². The van der Waals surface area contributed by atoms with E-state index in [1.807, 2.05) is 25.1 Å². The Balaban J connectivity index is 1.61. The first-order valence-electron chi connectivity index (χ1n) is 9.76. The maximum atomic E-state index is 13.3. The average Bonchev–Trinajstić information content (AvgIpc) is 3.45. The zero-order valence-electron chi connectivity index (χ0n) is 16.5. The van der Waals surface area contributed by atoms with Crippen molar-refractivity contribution in [1.29, 1.82) is 0 Å². The van der Waals surface area contributed by atoms with E-state index in [-0.39, 0.29) is 11.7 Å². The summed E-state index contributed by atoms with van der Waals surface area (Å²) in [6.45, 7) is 3.47. The summed E-state index contributed by atoms with van der Waals surface area (Å²) in [6, 6.07) is 9.06. The van der Waals surface area contributed by atoms with Gasteiger partial charge < -0.3 is 10.6 Å². The standard InChI is InChI=1S/C21H23N3O3S3/c1-14-4-2-3-5-17(14)19(25)18-12-23-21(29-18)24-20(15-6-9-22-10-7-15)30(26,27)16-8-11-28-13-16/h2-5,8,11-13,15,20,22H,6-7,9-10H2,1H3,(H,23,24). The van der Waals surface area contributed by atoms with E-state index in [1.54, 1.807) is 22.9 Å². The van der Waals surface area contributed by atoms with Crippen molar-refractivity contribution in [3.05, 3.63) is 63.3 Å². The van der Waals surface area contributed by atoms with E-state index in [0.29, 0.717) is 20.5 Å². The minimum atomic E-state index is -3.57. The summed E-state index contributed by atoms with van der Waals surface area (Å²) in [6.07, 6.45) is 3.06. The zero-order valence-corrected chi connectivity index (χ0v) is 18.9. The van der Waals surface area contributed by atoms with Crippen LogP contribution in [0.3, 0.4) is 0 Å². The van der Waals surface area contributed by atoms with Crippen LogP contribution >= 0.6 is 22.7 Å². The molecule has 158 valence electrons. The first-order chi connectivity index (χ1) is 14.5. The van der Waals surface area contributed by atoms with Gasteiger partial charge in [-0.05, 0) is 55.8 Å². The van der Waals surface area contributed by atoms with Gasteiger partial charge in [-0.3, -0.25) is 4.79 Å². The minimum Gasteiger partial charge on any atom is -0.345 e. The van der Waals surface area contributed by atoms with E-state index in [4.69, 9.17) is 0 Å². The van der Waals surface area contributed by atoms with Gasteiger partial charge in [-0.2, -0.15) is 11.3 Å². The van der Waals surface area contributed by atoms with Crippen molar-refractivity contribution in [2.45, 2.75) is 30.0 Å². The number of benzene rings is 1. The average molecular weight is 462 g/mol. The Labute approximate surface area is 184 Å². The van der Waals surface area contributed by atoms with Crippen LogP contribution in [-0.2, 0) is 9.84 Å². The van der Waals surface area contributed by atoms with Crippen molar-refractivity contribution in [2.24, 2.45) is 5.92 Å². The first kappa shape index (κ1) is 21.2. The van der Waals surface area contributed by atoms with Gasteiger partial charge in [0.05, 0.1) is 16.0 Å². The van der Waals surface area contributed by atoms with Crippen LogP contribution in [0.1, 0.15) is 33.6 Å². The van der Waals surface area contributed by atoms with E-state index >= 15 is 0 Å². The Kier molecular flexibility index (Phi) is 6.33. The number of thiophene rings is 1. The summed E-state index contributed by atoms with van der Waals surface area (Å²) in [5, 5.41) is 9.56. The number of rotatable bonds is 7. The topological polar surface area (TPSA) is 88.2 Å². The largest absolute Gasteiger partial charge is 0.345 e. The second-order valence-corrected chi connectivity index (χ2v) is 11.2. The molecule has 0 saturated carbocycles. The van der Waals surface area contributed by atoms with Crippen LogP contribution in [0.4, 0.5) is 5.13 Å². The highest BCUT2D eigenvalue weighted by Gasteiger charge is 2.36. The number of anilines is 1. The van der Waals surface area contributed by atoms with Crippen LogP contribution < -0.4 is 10.6 Å². The lowest BCUT2D eigenvalue weighted by Crippen LogP contribution is -2.42. The molecule has 3 aromatic rings. The summed E-state index contributed by atoms with van der Waals surface area (Å²) in [4.78, 5) is 18.0. The Morgan fingerprint density at radius 3 is 2.70 bits per heavy atom. The van der Waals surface area contributed by atoms with E-state index in [2.05, 4.69) is 15.6 Å². The van der Waals surface area contributed by atoms with Crippen LogP contribution in [0, 0.1) is 12.8 Å². The molecule has 30 heavy (non-hydrogen) atoms. The maximum absolute atomic E-state index is 13.3. The monoisotopic (exact) mass is 461 g/mol. The van der Waals surface area contributed by atoms with Crippen molar-refractivity contribution in [1.82, 2.24) is 10.3 Å². The van der Waals surface area contributed by atoms with Crippen molar-refractivity contribution < 1.29 is 13.2 Å². The lowest BCUT2D eigenvalue weighted by Gasteiger charge is -2.30. The van der Waals surface area contributed by atoms with Crippen LogP contribution in [0.2, 0.25) is 0 Å². The molecule has 2 N–H and O–H groups in total. The number of sulfone groups is 1. The second-order valence-electron chi connectivity index (χ2n) is 7.33. The lowest BCUT2D eigenvalue weighted by atomic mass is 9.98. The molecule has 4 rings (SSSR count). The van der Waals surface area contributed by atoms with Crippen molar-refractivity contribution in [3.63, 3.8) is 0 Å². The number of hydrogen-bond donors (Lipinski definition) is 2. The molecule has 1 aliphatic heterocycles. The van der Waals surface area contributed by atoms with Gasteiger partial charge in [-0.25, -0.2) is 13.4 Å². The third-order valence-electron chi connectivity index (χ3n) is 5.35. The maximum Gasteiger partial charge on any atom is 0.204 e. The molecular weight excluding hydrogens is 438 g/mol. The van der Waals surface area contributed by atoms with Gasteiger partial charge in [-0.15, -0.1) is 0 Å². The highest BCUT2D eigenvalue weighted by atomic mass is 32.2. The number of ketones is 1. The Hall–Kier alpha value is -2.07. The number of nitrogens with zero attached hydrogens (tertiary/aromatic N) is 1. The highest BCUT2D eigenvalue weighted by Crippen LogP contribution is 2.31. The third kappa shape index (κ3) is 4.34. The Morgan fingerprint density at radius 2 is 2.00 bits per heavy atom. The van der Waals surface area contributed by atoms with Gasteiger partial charge >= 0.3 is 0 Å². The molecule has 6 nitrogen and oxygen atoms in total. The number of piperidine rings is 1. The third-order valence-corrected chi connectivity index (χ3v) is 9.20. The number of hydrogen-bond acceptors (Lipinski definition) is 8. The van der Waals surface area contributed by atoms with Gasteiger partial charge in [0.25, 0.3) is 0 Å². The molecule has 9 heteroatoms. The Morgan fingerprint density at radius 1 is 1.23 bits per heavy atom. The predicted octanol–water partition coefficient (Wildman–Crippen LogP) is 3.96. The number of thiazole rings is 1. The fourth-order valence-electron chi connectivity index (χ4n) is 3.68. The van der Waals surface area contributed by atoms with Crippen molar-refractivity contribution in [2.75, 3.05) is 18.4 Å². The molecule has 1 atom stereocenters. The zero-order chi connectivity index (χ0) is 21.1. The molecule has 0 amide bonds. The normalized spacial score (nSPS) is 16.3. The van der Waals surface area contributed by atoms with Gasteiger partial charge in [0.1, 0.15) is 5.37 Å². The molecule has 0 spiro atoms. The Bertz CT molecular complexity index is 1120. The van der Waals surface area contributed by atoms with Gasteiger partial charge in [-0.1, -0.05) is 35.6 Å². The van der Waals surface area contributed by atoms with Crippen LogP contribution in [-0.4, -0.2) is 37.6 Å². The van der Waals surface area contributed by atoms with E-state index in [0.717, 1.165) is 31.5 Å². The quantitative estimate of drug-likeness (QED) is 0.518. The summed E-state index contributed by atoms with van der Waals surface area (Å²) < 4.78 is 26.7. The summed E-state index contributed by atoms with van der Waals surface area (Å²) in [7, 11) is -3.57. The molecule has 1 fully saturated rings. The lowest BCUT2D eigenvalue weighted by molar-refractivity contribution is 0.104. The number of carbonyl (C=O) groups excluding carboxylic acids is 1. The molecule has 1 aromatic carbocycles.